The summed E-state index contributed by atoms with van der Waals surface area (Å²) in [6.07, 6.45) is 2.22. The van der Waals surface area contributed by atoms with E-state index in [2.05, 4.69) is 19.2 Å². The van der Waals surface area contributed by atoms with Crippen LogP contribution in [0.15, 0.2) is 0 Å². The minimum Gasteiger partial charge on any atom is -0.339 e. The number of piperazine rings is 1. The molecule has 5 heteroatoms. The summed E-state index contributed by atoms with van der Waals surface area (Å²) in [4.78, 5) is 27.6. The number of carbonyl (C=O) groups is 2. The van der Waals surface area contributed by atoms with Crippen molar-refractivity contribution in [3.63, 3.8) is 0 Å². The molecule has 0 radical (unpaired) electrons. The van der Waals surface area contributed by atoms with Gasteiger partial charge in [-0.1, -0.05) is 13.8 Å². The molecule has 0 spiro atoms. The van der Waals surface area contributed by atoms with E-state index in [1.807, 2.05) is 9.80 Å². The fourth-order valence-corrected chi connectivity index (χ4v) is 3.06. The molecule has 2 saturated heterocycles. The maximum Gasteiger partial charge on any atom is 0.240 e. The Morgan fingerprint density at radius 3 is 2.21 bits per heavy atom. The predicted molar refractivity (Wildman–Crippen MR) is 73.6 cm³/mol. The molecule has 1 atom stereocenters. The fourth-order valence-electron chi connectivity index (χ4n) is 3.06. The second-order valence-electron chi connectivity index (χ2n) is 6.31. The van der Waals surface area contributed by atoms with Crippen LogP contribution < -0.4 is 5.32 Å². The maximum absolute atomic E-state index is 12.6. The lowest BCUT2D eigenvalue weighted by Crippen LogP contribution is -2.60. The van der Waals surface area contributed by atoms with Gasteiger partial charge in [0.1, 0.15) is 0 Å². The van der Waals surface area contributed by atoms with Gasteiger partial charge in [0.25, 0.3) is 0 Å². The van der Waals surface area contributed by atoms with Gasteiger partial charge in [0.05, 0.1) is 6.04 Å². The first kappa shape index (κ1) is 14.3. The Morgan fingerprint density at radius 2 is 1.68 bits per heavy atom. The van der Waals surface area contributed by atoms with E-state index in [1.54, 1.807) is 6.92 Å². The number of rotatable bonds is 1. The van der Waals surface area contributed by atoms with Crippen molar-refractivity contribution >= 4 is 11.8 Å². The predicted octanol–water partition coefficient (Wildman–Crippen LogP) is 0.455. The Labute approximate surface area is 115 Å². The molecule has 2 rings (SSSR count). The molecule has 2 amide bonds. The third kappa shape index (κ3) is 3.08. The van der Waals surface area contributed by atoms with Crippen molar-refractivity contribution in [3.8, 4) is 0 Å². The number of nitrogens with zero attached hydrogens (tertiary/aromatic N) is 2. The van der Waals surface area contributed by atoms with E-state index in [9.17, 15) is 9.59 Å². The summed E-state index contributed by atoms with van der Waals surface area (Å²) in [5.41, 5.74) is 0.0209. The molecular formula is C14H25N3O2. The summed E-state index contributed by atoms with van der Waals surface area (Å²) >= 11 is 0. The summed E-state index contributed by atoms with van der Waals surface area (Å²) < 4.78 is 0. The van der Waals surface area contributed by atoms with Crippen LogP contribution in [0.1, 0.15) is 33.6 Å². The highest BCUT2D eigenvalue weighted by Gasteiger charge is 2.39. The van der Waals surface area contributed by atoms with Gasteiger partial charge in [-0.25, -0.2) is 0 Å². The highest BCUT2D eigenvalue weighted by molar-refractivity contribution is 5.83. The van der Waals surface area contributed by atoms with E-state index in [0.717, 1.165) is 19.4 Å². The number of piperidine rings is 1. The normalized spacial score (nSPS) is 27.2. The molecule has 0 bridgehead atoms. The molecule has 5 nitrogen and oxygen atoms in total. The lowest BCUT2D eigenvalue weighted by atomic mass is 9.77. The topological polar surface area (TPSA) is 52.7 Å². The number of amides is 2. The molecule has 2 aliphatic rings. The van der Waals surface area contributed by atoms with Crippen molar-refractivity contribution in [2.75, 3.05) is 32.7 Å². The molecule has 0 aromatic carbocycles. The van der Waals surface area contributed by atoms with Crippen LogP contribution in [-0.2, 0) is 9.59 Å². The summed E-state index contributed by atoms with van der Waals surface area (Å²) in [6, 6.07) is -0.0786. The molecule has 2 fully saturated rings. The molecule has 0 aromatic rings. The molecule has 0 aliphatic carbocycles. The maximum atomic E-state index is 12.6. The van der Waals surface area contributed by atoms with E-state index >= 15 is 0 Å². The summed E-state index contributed by atoms with van der Waals surface area (Å²) in [7, 11) is 0. The Kier molecular flexibility index (Phi) is 4.13. The number of nitrogens with one attached hydrogen (secondary N) is 1. The standard InChI is InChI=1S/C14H25N3O2/c1-11(18)16-7-9-17(10-8-16)13(19)12-14(2,3)5-4-6-15-12/h12,15H,4-10H2,1-3H3. The lowest BCUT2D eigenvalue weighted by molar-refractivity contribution is -0.142. The Hall–Kier alpha value is -1.10. The van der Waals surface area contributed by atoms with Gasteiger partial charge in [-0.2, -0.15) is 0 Å². The number of carbonyl (C=O) groups excluding carboxylic acids is 2. The van der Waals surface area contributed by atoms with Crippen molar-refractivity contribution < 1.29 is 9.59 Å². The molecule has 2 heterocycles. The Morgan fingerprint density at radius 1 is 1.11 bits per heavy atom. The summed E-state index contributed by atoms with van der Waals surface area (Å²) in [5.74, 6) is 0.302. The molecule has 0 saturated carbocycles. The summed E-state index contributed by atoms with van der Waals surface area (Å²) in [5, 5.41) is 3.37. The van der Waals surface area contributed by atoms with Crippen LogP contribution in [0.3, 0.4) is 0 Å². The van der Waals surface area contributed by atoms with Crippen LogP contribution in [0, 0.1) is 5.41 Å². The Balaban J connectivity index is 1.95. The number of hydrogen-bond donors (Lipinski definition) is 1. The van der Waals surface area contributed by atoms with Crippen molar-refractivity contribution in [1.29, 1.82) is 0 Å². The van der Waals surface area contributed by atoms with Crippen LogP contribution in [-0.4, -0.2) is 60.4 Å². The molecule has 19 heavy (non-hydrogen) atoms. The largest absolute Gasteiger partial charge is 0.339 e. The van der Waals surface area contributed by atoms with Crippen molar-refractivity contribution in [1.82, 2.24) is 15.1 Å². The van der Waals surface area contributed by atoms with Gasteiger partial charge in [-0.3, -0.25) is 9.59 Å². The van der Waals surface area contributed by atoms with Crippen LogP contribution in [0.2, 0.25) is 0 Å². The quantitative estimate of drug-likeness (QED) is 0.751. The fraction of sp³-hybridized carbons (Fsp3) is 0.857. The van der Waals surface area contributed by atoms with Crippen molar-refractivity contribution in [2.24, 2.45) is 5.41 Å². The van der Waals surface area contributed by atoms with E-state index in [-0.39, 0.29) is 23.3 Å². The monoisotopic (exact) mass is 267 g/mol. The first-order valence-electron chi connectivity index (χ1n) is 7.19. The zero-order valence-electron chi connectivity index (χ0n) is 12.2. The van der Waals surface area contributed by atoms with Gasteiger partial charge in [0.15, 0.2) is 0 Å². The van der Waals surface area contributed by atoms with E-state index in [1.165, 1.54) is 0 Å². The van der Waals surface area contributed by atoms with Crippen LogP contribution >= 0.6 is 0 Å². The molecule has 2 aliphatic heterocycles. The van der Waals surface area contributed by atoms with E-state index in [0.29, 0.717) is 26.2 Å². The SMILES string of the molecule is CC(=O)N1CCN(C(=O)C2NCCCC2(C)C)CC1. The Bertz CT molecular complexity index is 360. The van der Waals surface area contributed by atoms with Gasteiger partial charge in [0.2, 0.25) is 11.8 Å². The van der Waals surface area contributed by atoms with Gasteiger partial charge >= 0.3 is 0 Å². The van der Waals surface area contributed by atoms with Crippen LogP contribution in [0.4, 0.5) is 0 Å². The second-order valence-corrected chi connectivity index (χ2v) is 6.31. The highest BCUT2D eigenvalue weighted by atomic mass is 16.2. The van der Waals surface area contributed by atoms with Crippen LogP contribution in [0.5, 0.6) is 0 Å². The van der Waals surface area contributed by atoms with E-state index in [4.69, 9.17) is 0 Å². The molecule has 1 N–H and O–H groups in total. The average Bonchev–Trinajstić information content (AvgIpc) is 2.37. The van der Waals surface area contributed by atoms with Gasteiger partial charge in [-0.15, -0.1) is 0 Å². The second kappa shape index (κ2) is 5.49. The average molecular weight is 267 g/mol. The third-order valence-corrected chi connectivity index (χ3v) is 4.41. The first-order chi connectivity index (χ1) is 8.92. The number of hydrogen-bond acceptors (Lipinski definition) is 3. The molecule has 108 valence electrons. The molecule has 1 unspecified atom stereocenters. The molecular weight excluding hydrogens is 242 g/mol. The first-order valence-corrected chi connectivity index (χ1v) is 7.19. The zero-order chi connectivity index (χ0) is 14.0. The van der Waals surface area contributed by atoms with E-state index < -0.39 is 0 Å². The van der Waals surface area contributed by atoms with Crippen molar-refractivity contribution in [3.05, 3.63) is 0 Å². The summed E-state index contributed by atoms with van der Waals surface area (Å²) in [6.45, 7) is 9.47. The minimum atomic E-state index is -0.0786. The third-order valence-electron chi connectivity index (χ3n) is 4.41. The van der Waals surface area contributed by atoms with Gasteiger partial charge < -0.3 is 15.1 Å². The molecule has 0 aromatic heterocycles. The van der Waals surface area contributed by atoms with Crippen LogP contribution in [0.25, 0.3) is 0 Å². The van der Waals surface area contributed by atoms with Gasteiger partial charge in [-0.05, 0) is 24.8 Å². The van der Waals surface area contributed by atoms with Crippen molar-refractivity contribution in [2.45, 2.75) is 39.7 Å². The zero-order valence-corrected chi connectivity index (χ0v) is 12.2. The minimum absolute atomic E-state index is 0.0209. The highest BCUT2D eigenvalue weighted by Crippen LogP contribution is 2.31. The smallest absolute Gasteiger partial charge is 0.240 e. The van der Waals surface area contributed by atoms with Gasteiger partial charge in [0, 0.05) is 33.1 Å². The lowest BCUT2D eigenvalue weighted by Gasteiger charge is -2.43.